The Bertz CT molecular complexity index is 598. The molecular weight excluding hydrogens is 226 g/mol. The van der Waals surface area contributed by atoms with E-state index in [9.17, 15) is 4.79 Å². The third-order valence-corrected chi connectivity index (χ3v) is 2.96. The minimum absolute atomic E-state index is 0.0968. The molecule has 0 aliphatic rings. The van der Waals surface area contributed by atoms with Gasteiger partial charge in [0.2, 0.25) is 0 Å². The molecule has 0 saturated carbocycles. The van der Waals surface area contributed by atoms with E-state index in [2.05, 4.69) is 28.4 Å². The largest absolute Gasteiger partial charge is 0.349 e. The first kappa shape index (κ1) is 12.4. The van der Waals surface area contributed by atoms with E-state index in [1.165, 1.54) is 0 Å². The lowest BCUT2D eigenvalue weighted by Crippen LogP contribution is -2.23. The predicted octanol–water partition coefficient (Wildman–Crippen LogP) is 2.05. The van der Waals surface area contributed by atoms with Crippen molar-refractivity contribution in [3.8, 4) is 0 Å². The van der Waals surface area contributed by atoms with Crippen LogP contribution in [0.15, 0.2) is 30.9 Å². The Labute approximate surface area is 106 Å². The third-order valence-electron chi connectivity index (χ3n) is 2.96. The van der Waals surface area contributed by atoms with Crippen LogP contribution < -0.4 is 5.32 Å². The van der Waals surface area contributed by atoms with Gasteiger partial charge in [-0.2, -0.15) is 0 Å². The first-order valence-corrected chi connectivity index (χ1v) is 6.01. The zero-order valence-electron chi connectivity index (χ0n) is 10.7. The average molecular weight is 243 g/mol. The second kappa shape index (κ2) is 5.04. The van der Waals surface area contributed by atoms with Crippen molar-refractivity contribution >= 4 is 16.9 Å². The molecule has 1 N–H and O–H groups in total. The molecule has 0 spiro atoms. The number of aromatic nitrogens is 2. The highest BCUT2D eigenvalue weighted by atomic mass is 16.1. The highest BCUT2D eigenvalue weighted by Gasteiger charge is 2.10. The number of amides is 1. The zero-order valence-corrected chi connectivity index (χ0v) is 10.7. The second-order valence-corrected chi connectivity index (χ2v) is 4.14. The molecule has 4 nitrogen and oxygen atoms in total. The highest BCUT2D eigenvalue weighted by Crippen LogP contribution is 2.17. The molecule has 0 saturated heterocycles. The summed E-state index contributed by atoms with van der Waals surface area (Å²) in [5, 5.41) is 2.76. The van der Waals surface area contributed by atoms with Gasteiger partial charge in [-0.3, -0.25) is 4.79 Å². The maximum absolute atomic E-state index is 11.8. The van der Waals surface area contributed by atoms with Crippen LogP contribution in [-0.2, 0) is 13.5 Å². The van der Waals surface area contributed by atoms with E-state index < -0.39 is 0 Å². The van der Waals surface area contributed by atoms with Crippen molar-refractivity contribution in [3.05, 3.63) is 42.2 Å². The van der Waals surface area contributed by atoms with E-state index in [0.717, 1.165) is 23.3 Å². The predicted molar refractivity (Wildman–Crippen MR) is 72.6 cm³/mol. The summed E-state index contributed by atoms with van der Waals surface area (Å²) in [6, 6.07) is 5.58. The first-order chi connectivity index (χ1) is 8.67. The number of hydrogen-bond acceptors (Lipinski definition) is 2. The number of fused-ring (bicyclic) bond motifs is 1. The molecule has 2 rings (SSSR count). The van der Waals surface area contributed by atoms with Crippen molar-refractivity contribution in [2.45, 2.75) is 13.3 Å². The highest BCUT2D eigenvalue weighted by molar-refractivity contribution is 5.97. The Hall–Kier alpha value is -2.10. The Morgan fingerprint density at radius 1 is 1.56 bits per heavy atom. The Balaban J connectivity index is 2.38. The number of nitrogens with one attached hydrogen (secondary N) is 1. The van der Waals surface area contributed by atoms with Crippen molar-refractivity contribution in [2.24, 2.45) is 7.05 Å². The number of imidazole rings is 1. The number of nitrogens with zero attached hydrogens (tertiary/aromatic N) is 2. The molecule has 0 bridgehead atoms. The van der Waals surface area contributed by atoms with Crippen molar-refractivity contribution in [3.63, 3.8) is 0 Å². The molecule has 18 heavy (non-hydrogen) atoms. The number of rotatable bonds is 4. The summed E-state index contributed by atoms with van der Waals surface area (Å²) in [4.78, 5) is 16.3. The zero-order chi connectivity index (χ0) is 13.1. The van der Waals surface area contributed by atoms with Crippen LogP contribution >= 0.6 is 0 Å². The SMILES string of the molecule is C=CCNC(=O)c1ccc2c(c1)nc(CC)n2C. The first-order valence-electron chi connectivity index (χ1n) is 6.01. The van der Waals surface area contributed by atoms with E-state index in [0.29, 0.717) is 12.1 Å². The molecule has 1 heterocycles. The van der Waals surface area contributed by atoms with E-state index in [-0.39, 0.29) is 5.91 Å². The lowest BCUT2D eigenvalue weighted by atomic mass is 10.2. The lowest BCUT2D eigenvalue weighted by Gasteiger charge is -2.02. The van der Waals surface area contributed by atoms with Gasteiger partial charge >= 0.3 is 0 Å². The number of carbonyl (C=O) groups excluding carboxylic acids is 1. The maximum Gasteiger partial charge on any atom is 0.251 e. The smallest absolute Gasteiger partial charge is 0.251 e. The van der Waals surface area contributed by atoms with Crippen LogP contribution in [0.25, 0.3) is 11.0 Å². The summed E-state index contributed by atoms with van der Waals surface area (Å²) in [6.07, 6.45) is 2.54. The van der Waals surface area contributed by atoms with Gasteiger partial charge < -0.3 is 9.88 Å². The Morgan fingerprint density at radius 3 is 3.00 bits per heavy atom. The second-order valence-electron chi connectivity index (χ2n) is 4.14. The molecule has 1 amide bonds. The van der Waals surface area contributed by atoms with E-state index in [1.54, 1.807) is 6.08 Å². The van der Waals surface area contributed by atoms with Gasteiger partial charge in [0.15, 0.2) is 0 Å². The molecule has 2 aromatic rings. The van der Waals surface area contributed by atoms with E-state index in [4.69, 9.17) is 0 Å². The van der Waals surface area contributed by atoms with Crippen LogP contribution in [0, 0.1) is 0 Å². The van der Waals surface area contributed by atoms with Gasteiger partial charge in [-0.1, -0.05) is 13.0 Å². The van der Waals surface area contributed by atoms with Crippen molar-refractivity contribution in [2.75, 3.05) is 6.54 Å². The van der Waals surface area contributed by atoms with Gasteiger partial charge in [0.05, 0.1) is 11.0 Å². The lowest BCUT2D eigenvalue weighted by molar-refractivity contribution is 0.0958. The summed E-state index contributed by atoms with van der Waals surface area (Å²) in [7, 11) is 1.99. The summed E-state index contributed by atoms with van der Waals surface area (Å²) in [5.74, 6) is 0.925. The molecular formula is C14H17N3O. The Morgan fingerprint density at radius 2 is 2.33 bits per heavy atom. The van der Waals surface area contributed by atoms with Gasteiger partial charge in [-0.25, -0.2) is 4.98 Å². The summed E-state index contributed by atoms with van der Waals surface area (Å²) < 4.78 is 2.06. The third kappa shape index (κ3) is 2.14. The molecule has 0 aliphatic heterocycles. The molecule has 1 aromatic carbocycles. The number of aryl methyl sites for hydroxylation is 2. The standard InChI is InChI=1S/C14H17N3O/c1-4-8-15-14(18)10-6-7-12-11(9-10)16-13(5-2)17(12)3/h4,6-7,9H,1,5,8H2,2-3H3,(H,15,18). The van der Waals surface area contributed by atoms with Crippen molar-refractivity contribution in [1.29, 1.82) is 0 Å². The van der Waals surface area contributed by atoms with Gasteiger partial charge in [-0.05, 0) is 18.2 Å². The van der Waals surface area contributed by atoms with E-state index in [1.807, 2.05) is 25.2 Å². The molecule has 1 aromatic heterocycles. The van der Waals surface area contributed by atoms with Crippen LogP contribution in [0.4, 0.5) is 0 Å². The maximum atomic E-state index is 11.8. The fraction of sp³-hybridized carbons (Fsp3) is 0.286. The van der Waals surface area contributed by atoms with E-state index >= 15 is 0 Å². The molecule has 0 atom stereocenters. The van der Waals surface area contributed by atoms with Crippen LogP contribution in [0.3, 0.4) is 0 Å². The van der Waals surface area contributed by atoms with Crippen LogP contribution in [0.2, 0.25) is 0 Å². The fourth-order valence-electron chi connectivity index (χ4n) is 1.97. The van der Waals surface area contributed by atoms with Crippen LogP contribution in [-0.4, -0.2) is 22.0 Å². The topological polar surface area (TPSA) is 46.9 Å². The van der Waals surface area contributed by atoms with Gasteiger partial charge in [0, 0.05) is 25.6 Å². The van der Waals surface area contributed by atoms with Gasteiger partial charge in [0.25, 0.3) is 5.91 Å². The Kier molecular flexibility index (Phi) is 3.46. The summed E-state index contributed by atoms with van der Waals surface area (Å²) >= 11 is 0. The number of benzene rings is 1. The normalized spacial score (nSPS) is 10.6. The van der Waals surface area contributed by atoms with Gasteiger partial charge in [-0.15, -0.1) is 6.58 Å². The number of hydrogen-bond donors (Lipinski definition) is 1. The quantitative estimate of drug-likeness (QED) is 0.835. The van der Waals surface area contributed by atoms with Crippen molar-refractivity contribution in [1.82, 2.24) is 14.9 Å². The monoisotopic (exact) mass is 243 g/mol. The molecule has 0 fully saturated rings. The molecule has 0 unspecified atom stereocenters. The summed E-state index contributed by atoms with van der Waals surface area (Å²) in [5.41, 5.74) is 2.54. The molecule has 0 aliphatic carbocycles. The van der Waals surface area contributed by atoms with Crippen LogP contribution in [0.1, 0.15) is 23.1 Å². The average Bonchev–Trinajstić information content (AvgIpc) is 2.72. The minimum atomic E-state index is -0.0968. The molecule has 94 valence electrons. The molecule has 0 radical (unpaired) electrons. The van der Waals surface area contributed by atoms with Crippen molar-refractivity contribution < 1.29 is 4.79 Å². The minimum Gasteiger partial charge on any atom is -0.349 e. The summed E-state index contributed by atoms with van der Waals surface area (Å²) in [6.45, 7) is 6.11. The number of carbonyl (C=O) groups is 1. The molecule has 4 heteroatoms. The fourth-order valence-corrected chi connectivity index (χ4v) is 1.97. The van der Waals surface area contributed by atoms with Gasteiger partial charge in [0.1, 0.15) is 5.82 Å². The van der Waals surface area contributed by atoms with Crippen LogP contribution in [0.5, 0.6) is 0 Å².